The van der Waals surface area contributed by atoms with Gasteiger partial charge in [-0.2, -0.15) is 13.2 Å². The molecule has 21 heavy (non-hydrogen) atoms. The summed E-state index contributed by atoms with van der Waals surface area (Å²) in [5.74, 6) is 0.342. The van der Waals surface area contributed by atoms with E-state index < -0.39 is 22.5 Å². The first-order valence-electron chi connectivity index (χ1n) is 7.17. The smallest absolute Gasteiger partial charge is 0.313 e. The summed E-state index contributed by atoms with van der Waals surface area (Å²) in [5, 5.41) is 3.30. The van der Waals surface area contributed by atoms with E-state index in [1.165, 1.54) is 12.1 Å². The lowest BCUT2D eigenvalue weighted by Gasteiger charge is -2.17. The van der Waals surface area contributed by atoms with Gasteiger partial charge in [-0.05, 0) is 37.6 Å². The van der Waals surface area contributed by atoms with E-state index in [4.69, 9.17) is 0 Å². The molecule has 6 heteroatoms. The molecule has 0 aliphatic carbocycles. The van der Waals surface area contributed by atoms with Crippen LogP contribution in [0.5, 0.6) is 0 Å². The molecular formula is C15H22F3NOS. The van der Waals surface area contributed by atoms with E-state index in [0.717, 1.165) is 37.9 Å². The van der Waals surface area contributed by atoms with Crippen LogP contribution in [0, 0.1) is 0 Å². The number of nitrogens with one attached hydrogen (secondary N) is 1. The van der Waals surface area contributed by atoms with E-state index in [-0.39, 0.29) is 10.9 Å². The van der Waals surface area contributed by atoms with Gasteiger partial charge < -0.3 is 5.32 Å². The molecule has 2 nitrogen and oxygen atoms in total. The van der Waals surface area contributed by atoms with Gasteiger partial charge in [-0.1, -0.05) is 26.3 Å². The Morgan fingerprint density at radius 3 is 2.52 bits per heavy atom. The van der Waals surface area contributed by atoms with Gasteiger partial charge in [-0.3, -0.25) is 4.21 Å². The Bertz CT molecular complexity index is 462. The predicted octanol–water partition coefficient (Wildman–Crippen LogP) is 3.98. The highest BCUT2D eigenvalue weighted by molar-refractivity contribution is 7.85. The fourth-order valence-corrected chi connectivity index (χ4v) is 3.37. The van der Waals surface area contributed by atoms with Crippen LogP contribution in [0.2, 0.25) is 0 Å². The Balaban J connectivity index is 2.77. The van der Waals surface area contributed by atoms with Gasteiger partial charge in [0.15, 0.2) is 0 Å². The first-order valence-corrected chi connectivity index (χ1v) is 8.49. The Morgan fingerprint density at radius 2 is 1.95 bits per heavy atom. The summed E-state index contributed by atoms with van der Waals surface area (Å²) in [4.78, 5) is 0.240. The van der Waals surface area contributed by atoms with E-state index >= 15 is 0 Å². The van der Waals surface area contributed by atoms with Crippen LogP contribution >= 0.6 is 0 Å². The fraction of sp³-hybridized carbons (Fsp3) is 0.600. The maximum absolute atomic E-state index is 12.7. The molecular weight excluding hydrogens is 299 g/mol. The molecule has 0 saturated heterocycles. The lowest BCUT2D eigenvalue weighted by atomic mass is 10.2. The fourth-order valence-electron chi connectivity index (χ4n) is 2.03. The SMILES string of the molecule is CCCNC(CCC)CS(=O)c1cccc(C(F)(F)F)c1. The Hall–Kier alpha value is -0.880. The molecule has 0 aliphatic heterocycles. The van der Waals surface area contributed by atoms with Crippen LogP contribution in [0.3, 0.4) is 0 Å². The summed E-state index contributed by atoms with van der Waals surface area (Å²) < 4.78 is 50.3. The molecule has 1 rings (SSSR count). The lowest BCUT2D eigenvalue weighted by molar-refractivity contribution is -0.137. The summed E-state index contributed by atoms with van der Waals surface area (Å²) in [6.07, 6.45) is -1.62. The molecule has 0 spiro atoms. The van der Waals surface area contributed by atoms with Crippen molar-refractivity contribution in [1.82, 2.24) is 5.32 Å². The normalized spacial score (nSPS) is 14.9. The topological polar surface area (TPSA) is 29.1 Å². The summed E-state index contributed by atoms with van der Waals surface area (Å²) in [6.45, 7) is 4.90. The van der Waals surface area contributed by atoms with Gasteiger partial charge in [0, 0.05) is 16.7 Å². The molecule has 0 heterocycles. The van der Waals surface area contributed by atoms with Crippen molar-refractivity contribution in [1.29, 1.82) is 0 Å². The maximum Gasteiger partial charge on any atom is 0.416 e. The van der Waals surface area contributed by atoms with Crippen molar-refractivity contribution in [3.63, 3.8) is 0 Å². The third-order valence-electron chi connectivity index (χ3n) is 3.10. The minimum absolute atomic E-state index is 0.0744. The zero-order chi connectivity index (χ0) is 15.9. The molecule has 2 atom stereocenters. The molecule has 0 radical (unpaired) electrons. The zero-order valence-electron chi connectivity index (χ0n) is 12.4. The predicted molar refractivity (Wildman–Crippen MR) is 79.7 cm³/mol. The van der Waals surface area contributed by atoms with E-state index in [9.17, 15) is 17.4 Å². The largest absolute Gasteiger partial charge is 0.416 e. The van der Waals surface area contributed by atoms with Gasteiger partial charge in [0.1, 0.15) is 0 Å². The van der Waals surface area contributed by atoms with Crippen molar-refractivity contribution in [2.45, 2.75) is 50.2 Å². The second kappa shape index (κ2) is 8.54. The number of rotatable bonds is 8. The summed E-state index contributed by atoms with van der Waals surface area (Å²) >= 11 is 0. The molecule has 120 valence electrons. The number of hydrogen-bond donors (Lipinski definition) is 1. The maximum atomic E-state index is 12.7. The van der Waals surface area contributed by atoms with Crippen LogP contribution in [0.15, 0.2) is 29.2 Å². The van der Waals surface area contributed by atoms with Gasteiger partial charge in [-0.25, -0.2) is 0 Å². The highest BCUT2D eigenvalue weighted by Gasteiger charge is 2.30. The third-order valence-corrected chi connectivity index (χ3v) is 4.58. The van der Waals surface area contributed by atoms with Crippen molar-refractivity contribution in [2.75, 3.05) is 12.3 Å². The molecule has 0 fully saturated rings. The van der Waals surface area contributed by atoms with Gasteiger partial charge in [0.25, 0.3) is 0 Å². The van der Waals surface area contributed by atoms with Crippen molar-refractivity contribution in [2.24, 2.45) is 0 Å². The molecule has 2 unspecified atom stereocenters. The van der Waals surface area contributed by atoms with Crippen LogP contribution in [-0.2, 0) is 17.0 Å². The minimum Gasteiger partial charge on any atom is -0.313 e. The first kappa shape index (κ1) is 18.2. The average Bonchev–Trinajstić information content (AvgIpc) is 2.44. The second-order valence-electron chi connectivity index (χ2n) is 4.98. The second-order valence-corrected chi connectivity index (χ2v) is 6.47. The Labute approximate surface area is 126 Å². The number of alkyl halides is 3. The van der Waals surface area contributed by atoms with E-state index in [2.05, 4.69) is 5.32 Å². The zero-order valence-corrected chi connectivity index (χ0v) is 13.2. The third kappa shape index (κ3) is 6.18. The Morgan fingerprint density at radius 1 is 1.24 bits per heavy atom. The van der Waals surface area contributed by atoms with Gasteiger partial charge in [0.2, 0.25) is 0 Å². The van der Waals surface area contributed by atoms with E-state index in [0.29, 0.717) is 5.75 Å². The van der Waals surface area contributed by atoms with Crippen LogP contribution in [-0.4, -0.2) is 22.5 Å². The van der Waals surface area contributed by atoms with Crippen molar-refractivity contribution in [3.05, 3.63) is 29.8 Å². The Kier molecular flexibility index (Phi) is 7.39. The lowest BCUT2D eigenvalue weighted by Crippen LogP contribution is -2.34. The molecule has 1 N–H and O–H groups in total. The van der Waals surface area contributed by atoms with Gasteiger partial charge in [0.05, 0.1) is 16.4 Å². The molecule has 0 aliphatic rings. The minimum atomic E-state index is -4.40. The van der Waals surface area contributed by atoms with E-state index in [1.807, 2.05) is 13.8 Å². The van der Waals surface area contributed by atoms with Crippen LogP contribution in [0.1, 0.15) is 38.7 Å². The van der Waals surface area contributed by atoms with Crippen molar-refractivity contribution >= 4 is 10.8 Å². The standard InChI is InChI=1S/C15H22F3NOS/c1-3-6-13(19-9-4-2)11-21(20)14-8-5-7-12(10-14)15(16,17)18/h5,7-8,10,13,19H,3-4,6,9,11H2,1-2H3. The number of benzene rings is 1. The van der Waals surface area contributed by atoms with Crippen molar-refractivity contribution < 1.29 is 17.4 Å². The molecule has 1 aromatic rings. The molecule has 0 aromatic heterocycles. The summed E-state index contributed by atoms with van der Waals surface area (Å²) in [7, 11) is -1.43. The number of hydrogen-bond acceptors (Lipinski definition) is 2. The first-order chi connectivity index (χ1) is 9.88. The molecule has 0 saturated carbocycles. The molecule has 0 amide bonds. The quantitative estimate of drug-likeness (QED) is 0.784. The number of halogens is 3. The monoisotopic (exact) mass is 321 g/mol. The average molecular weight is 321 g/mol. The van der Waals surface area contributed by atoms with Gasteiger partial charge >= 0.3 is 6.18 Å². The summed E-state index contributed by atoms with van der Waals surface area (Å²) in [5.41, 5.74) is -0.748. The van der Waals surface area contributed by atoms with Crippen LogP contribution in [0.25, 0.3) is 0 Å². The van der Waals surface area contributed by atoms with E-state index in [1.54, 1.807) is 0 Å². The van der Waals surface area contributed by atoms with Crippen LogP contribution in [0.4, 0.5) is 13.2 Å². The van der Waals surface area contributed by atoms with Crippen LogP contribution < -0.4 is 5.32 Å². The molecule has 0 bridgehead atoms. The highest BCUT2D eigenvalue weighted by Crippen LogP contribution is 2.30. The highest BCUT2D eigenvalue weighted by atomic mass is 32.2. The van der Waals surface area contributed by atoms with Gasteiger partial charge in [-0.15, -0.1) is 0 Å². The summed E-state index contributed by atoms with van der Waals surface area (Å²) in [6, 6.07) is 4.86. The molecule has 1 aromatic carbocycles. The van der Waals surface area contributed by atoms with Crippen molar-refractivity contribution in [3.8, 4) is 0 Å².